The van der Waals surface area contributed by atoms with Crippen LogP contribution in [0.3, 0.4) is 0 Å². The molecule has 0 unspecified atom stereocenters. The van der Waals surface area contributed by atoms with Crippen molar-refractivity contribution in [2.24, 2.45) is 0 Å². The fourth-order valence-electron chi connectivity index (χ4n) is 2.29. The number of Topliss-reactive ketones (excluding diaryl/α,β-unsaturated/α-hetero) is 1. The number of nitrogens with two attached hydrogens (primary N) is 1. The van der Waals surface area contributed by atoms with Gasteiger partial charge in [0.15, 0.2) is 21.3 Å². The Bertz CT molecular complexity index is 1020. The zero-order chi connectivity index (χ0) is 20.2. The van der Waals surface area contributed by atoms with Crippen molar-refractivity contribution in [1.29, 1.82) is 0 Å². The minimum atomic E-state index is -3.36. The van der Waals surface area contributed by atoms with Crippen molar-refractivity contribution < 1.29 is 13.2 Å². The molecule has 0 radical (unpaired) electrons. The number of aromatic nitrogens is 2. The molecule has 140 valence electrons. The molecule has 0 atom stereocenters. The fraction of sp³-hybridized carbons (Fsp3) is 0.150. The summed E-state index contributed by atoms with van der Waals surface area (Å²) in [7, 11) is -3.36. The molecule has 0 aliphatic heterocycles. The van der Waals surface area contributed by atoms with E-state index < -0.39 is 20.9 Å². The van der Waals surface area contributed by atoms with Crippen LogP contribution in [0.25, 0.3) is 11.3 Å². The van der Waals surface area contributed by atoms with Gasteiger partial charge < -0.3 is 5.73 Å². The Kier molecular flexibility index (Phi) is 6.07. The van der Waals surface area contributed by atoms with Gasteiger partial charge in [-0.3, -0.25) is 4.79 Å². The minimum Gasteiger partial charge on any atom is -0.382 e. The summed E-state index contributed by atoms with van der Waals surface area (Å²) in [6.07, 6.45) is 5.80. The van der Waals surface area contributed by atoms with Crippen LogP contribution in [0.5, 0.6) is 0 Å². The second-order valence-corrected chi connectivity index (χ2v) is 8.50. The molecule has 2 aromatic rings. The molecular formula is C20H21N3O3S. The van der Waals surface area contributed by atoms with Gasteiger partial charge in [0.2, 0.25) is 5.78 Å². The number of carbonyl (C=O) groups is 1. The first-order valence-electron chi connectivity index (χ1n) is 8.19. The van der Waals surface area contributed by atoms with E-state index in [4.69, 9.17) is 5.73 Å². The molecule has 2 rings (SSSR count). The third kappa shape index (κ3) is 4.20. The van der Waals surface area contributed by atoms with E-state index in [1.54, 1.807) is 26.0 Å². The summed E-state index contributed by atoms with van der Waals surface area (Å²) in [5.41, 5.74) is 7.13. The van der Waals surface area contributed by atoms with E-state index >= 15 is 0 Å². The lowest BCUT2D eigenvalue weighted by molar-refractivity contribution is 0.103. The Hall–Kier alpha value is -3.06. The highest BCUT2D eigenvalue weighted by molar-refractivity contribution is 7.92. The third-order valence-corrected chi connectivity index (χ3v) is 6.07. The molecule has 1 aromatic carbocycles. The van der Waals surface area contributed by atoms with Gasteiger partial charge in [0, 0.05) is 11.1 Å². The highest BCUT2D eigenvalue weighted by atomic mass is 32.2. The molecule has 0 spiro atoms. The summed E-state index contributed by atoms with van der Waals surface area (Å²) < 4.78 is 24.4. The second kappa shape index (κ2) is 8.09. The predicted molar refractivity (Wildman–Crippen MR) is 107 cm³/mol. The maximum Gasteiger partial charge on any atom is 0.215 e. The van der Waals surface area contributed by atoms with Crippen molar-refractivity contribution in [3.05, 3.63) is 73.1 Å². The average molecular weight is 383 g/mol. The van der Waals surface area contributed by atoms with Crippen molar-refractivity contribution in [2.45, 2.75) is 24.0 Å². The van der Waals surface area contributed by atoms with Crippen molar-refractivity contribution in [1.82, 2.24) is 9.97 Å². The number of hydrogen-bond donors (Lipinski definition) is 1. The first kappa shape index (κ1) is 20.3. The average Bonchev–Trinajstić information content (AvgIpc) is 2.66. The van der Waals surface area contributed by atoms with Crippen molar-refractivity contribution in [3.8, 4) is 11.3 Å². The number of anilines is 1. The van der Waals surface area contributed by atoms with Crippen LogP contribution in [0, 0.1) is 0 Å². The van der Waals surface area contributed by atoms with E-state index in [1.807, 2.05) is 0 Å². The molecule has 7 heteroatoms. The monoisotopic (exact) mass is 383 g/mol. The van der Waals surface area contributed by atoms with Gasteiger partial charge in [-0.05, 0) is 26.0 Å². The second-order valence-electron chi connectivity index (χ2n) is 6.00. The lowest BCUT2D eigenvalue weighted by atomic mass is 10.1. The van der Waals surface area contributed by atoms with Crippen molar-refractivity contribution in [3.63, 3.8) is 0 Å². The fourth-order valence-corrected chi connectivity index (χ4v) is 3.35. The van der Waals surface area contributed by atoms with Crippen LogP contribution in [0.4, 0.5) is 5.82 Å². The molecular weight excluding hydrogens is 362 g/mol. The predicted octanol–water partition coefficient (Wildman–Crippen LogP) is 3.39. The van der Waals surface area contributed by atoms with Gasteiger partial charge in [0.25, 0.3) is 0 Å². The van der Waals surface area contributed by atoms with Crippen molar-refractivity contribution >= 4 is 21.4 Å². The van der Waals surface area contributed by atoms with Crippen LogP contribution >= 0.6 is 0 Å². The molecule has 2 N–H and O–H groups in total. The van der Waals surface area contributed by atoms with E-state index in [2.05, 4.69) is 23.1 Å². The molecule has 1 aromatic heterocycles. The highest BCUT2D eigenvalue weighted by Crippen LogP contribution is 2.23. The van der Waals surface area contributed by atoms with Gasteiger partial charge in [-0.15, -0.1) is 0 Å². The molecule has 27 heavy (non-hydrogen) atoms. The number of carbonyl (C=O) groups excluding carboxylic acids is 1. The number of ketones is 1. The van der Waals surface area contributed by atoms with E-state index in [9.17, 15) is 13.2 Å². The Morgan fingerprint density at radius 1 is 1.19 bits per heavy atom. The standard InChI is InChI=1S/C20H21N3O3S/c1-5-7-14(6-2)19(24)18-20(21)22-12-17(23-18)15-8-10-16(11-9-15)27(25,26)13(3)4/h5-13H,1-2H2,3-4H3,(H2,21,22)/b14-7+. The number of allylic oxidation sites excluding steroid dienone is 4. The van der Waals surface area contributed by atoms with E-state index in [-0.39, 0.29) is 16.4 Å². The summed E-state index contributed by atoms with van der Waals surface area (Å²) in [6.45, 7) is 10.4. The molecule has 0 saturated carbocycles. The molecule has 0 fully saturated rings. The molecule has 0 saturated heterocycles. The smallest absolute Gasteiger partial charge is 0.215 e. The highest BCUT2D eigenvalue weighted by Gasteiger charge is 2.20. The van der Waals surface area contributed by atoms with Gasteiger partial charge in [-0.1, -0.05) is 43.5 Å². The number of hydrogen-bond acceptors (Lipinski definition) is 6. The first-order valence-corrected chi connectivity index (χ1v) is 9.73. The Morgan fingerprint density at radius 2 is 1.81 bits per heavy atom. The van der Waals surface area contributed by atoms with Crippen LogP contribution in [0.1, 0.15) is 24.3 Å². The summed E-state index contributed by atoms with van der Waals surface area (Å²) in [5.74, 6) is -0.421. The largest absolute Gasteiger partial charge is 0.382 e. The maximum absolute atomic E-state index is 12.6. The molecule has 0 aliphatic carbocycles. The lowest BCUT2D eigenvalue weighted by Gasteiger charge is -2.09. The number of rotatable bonds is 7. The van der Waals surface area contributed by atoms with Crippen LogP contribution in [0.15, 0.2) is 72.3 Å². The van der Waals surface area contributed by atoms with E-state index in [1.165, 1.54) is 36.6 Å². The summed E-state index contributed by atoms with van der Waals surface area (Å²) >= 11 is 0. The number of sulfone groups is 1. The first-order chi connectivity index (χ1) is 12.7. The van der Waals surface area contributed by atoms with Gasteiger partial charge in [-0.25, -0.2) is 18.4 Å². The quantitative estimate of drug-likeness (QED) is 0.446. The van der Waals surface area contributed by atoms with Crippen LogP contribution in [-0.4, -0.2) is 29.4 Å². The Balaban J connectivity index is 2.47. The number of benzene rings is 1. The zero-order valence-electron chi connectivity index (χ0n) is 15.2. The Morgan fingerprint density at radius 3 is 2.33 bits per heavy atom. The van der Waals surface area contributed by atoms with Gasteiger partial charge in [-0.2, -0.15) is 0 Å². The normalized spacial score (nSPS) is 12.0. The third-order valence-electron chi connectivity index (χ3n) is 3.89. The molecule has 1 heterocycles. The lowest BCUT2D eigenvalue weighted by Crippen LogP contribution is -2.13. The van der Waals surface area contributed by atoms with E-state index in [0.29, 0.717) is 16.8 Å². The summed E-state index contributed by atoms with van der Waals surface area (Å²) in [6, 6.07) is 6.27. The number of nitrogens with zero attached hydrogens (tertiary/aromatic N) is 2. The van der Waals surface area contributed by atoms with Crippen LogP contribution in [-0.2, 0) is 9.84 Å². The van der Waals surface area contributed by atoms with E-state index in [0.717, 1.165) is 0 Å². The maximum atomic E-state index is 12.6. The van der Waals surface area contributed by atoms with Gasteiger partial charge in [0.05, 0.1) is 22.0 Å². The van der Waals surface area contributed by atoms with Gasteiger partial charge in [0.1, 0.15) is 0 Å². The summed E-state index contributed by atoms with van der Waals surface area (Å²) in [4.78, 5) is 21.2. The minimum absolute atomic E-state index is 0.000400. The Labute approximate surface area is 159 Å². The molecule has 0 aliphatic rings. The van der Waals surface area contributed by atoms with Crippen LogP contribution < -0.4 is 5.73 Å². The zero-order valence-corrected chi connectivity index (χ0v) is 16.0. The van der Waals surface area contributed by atoms with Gasteiger partial charge >= 0.3 is 0 Å². The summed E-state index contributed by atoms with van der Waals surface area (Å²) in [5, 5.41) is -0.516. The molecule has 0 bridgehead atoms. The van der Waals surface area contributed by atoms with Crippen LogP contribution in [0.2, 0.25) is 0 Å². The van der Waals surface area contributed by atoms with Crippen molar-refractivity contribution in [2.75, 3.05) is 5.73 Å². The SMILES string of the molecule is C=C/C=C(\C=C)C(=O)c1nc(-c2ccc(S(=O)(=O)C(C)C)cc2)cnc1N. The molecule has 0 amide bonds. The number of nitrogen functional groups attached to an aromatic ring is 1. The topological polar surface area (TPSA) is 103 Å². The molecule has 6 nitrogen and oxygen atoms in total.